The molecular weight excluding hydrogens is 433 g/mol. The molecule has 172 valence electrons. The Bertz CT molecular complexity index is 996. The van der Waals surface area contributed by atoms with E-state index >= 15 is 0 Å². The quantitative estimate of drug-likeness (QED) is 0.507. The van der Waals surface area contributed by atoms with Crippen molar-refractivity contribution in [2.24, 2.45) is 4.99 Å². The van der Waals surface area contributed by atoms with Crippen LogP contribution in [0.15, 0.2) is 40.5 Å². The summed E-state index contributed by atoms with van der Waals surface area (Å²) in [6, 6.07) is 6.88. The van der Waals surface area contributed by atoms with Crippen molar-refractivity contribution >= 4 is 23.4 Å². The molecule has 0 bridgehead atoms. The summed E-state index contributed by atoms with van der Waals surface area (Å²) in [5.74, 6) is 1.44. The zero-order valence-corrected chi connectivity index (χ0v) is 18.6. The zero-order chi connectivity index (χ0) is 22.2. The fraction of sp³-hybridized carbons (Fsp3) is 0.545. The highest BCUT2D eigenvalue weighted by Crippen LogP contribution is 2.36. The van der Waals surface area contributed by atoms with Crippen molar-refractivity contribution in [3.05, 3.63) is 42.1 Å². The maximum absolute atomic E-state index is 13.9. The van der Waals surface area contributed by atoms with Crippen LogP contribution in [0.5, 0.6) is 0 Å². The van der Waals surface area contributed by atoms with Crippen LogP contribution in [-0.4, -0.2) is 61.9 Å². The number of imidazole rings is 1. The molecule has 2 aromatic rings. The van der Waals surface area contributed by atoms with Crippen molar-refractivity contribution in [1.82, 2.24) is 14.9 Å². The number of ether oxygens (including phenoxy) is 1. The van der Waals surface area contributed by atoms with Gasteiger partial charge in [-0.25, -0.2) is 14.4 Å². The van der Waals surface area contributed by atoms with Crippen molar-refractivity contribution in [1.29, 1.82) is 0 Å². The van der Waals surface area contributed by atoms with Gasteiger partial charge in [-0.1, -0.05) is 25.0 Å². The van der Waals surface area contributed by atoms with E-state index < -0.39 is 24.5 Å². The van der Waals surface area contributed by atoms with E-state index in [0.717, 1.165) is 18.7 Å². The molecule has 2 unspecified atom stereocenters. The largest absolute Gasteiger partial charge is 0.387 e. The highest BCUT2D eigenvalue weighted by Gasteiger charge is 2.45. The van der Waals surface area contributed by atoms with Crippen LogP contribution in [0.2, 0.25) is 0 Å². The molecule has 5 rings (SSSR count). The molecule has 1 aliphatic carbocycles. The Morgan fingerprint density at radius 3 is 2.81 bits per heavy atom. The Morgan fingerprint density at radius 2 is 2.03 bits per heavy atom. The van der Waals surface area contributed by atoms with Gasteiger partial charge in [-0.05, 0) is 31.9 Å². The number of aliphatic hydroxyl groups excluding tert-OH is 2. The number of thioether (sulfide) groups is 1. The molecule has 10 heteroatoms. The normalized spacial score (nSPS) is 30.1. The number of fused-ring (bicyclic) bond motifs is 1. The van der Waals surface area contributed by atoms with Crippen molar-refractivity contribution in [2.75, 3.05) is 11.1 Å². The number of aromatic nitrogens is 2. The van der Waals surface area contributed by atoms with Crippen LogP contribution in [0.3, 0.4) is 0 Å². The highest BCUT2D eigenvalue weighted by atomic mass is 32.2. The molecule has 0 spiro atoms. The molecular formula is C22H28FN5O3S. The number of nitrogens with one attached hydrogen (secondary N) is 2. The third kappa shape index (κ3) is 4.12. The standard InChI is InChI=1S/C22H28FN5O3S/c1-12-25-20(27-13-6-2-3-7-13)17-21(26-12)28(11-24-17)22-19(30)18(29)15(31-22)10-32-16-9-5-4-8-14(16)23/h4-5,8-9,11-13,15,18-19,22,26,29-30H,2-3,6-7,10H2,1H3,(H,25,27)/t12?,15-,18-,19-,22?/m1/s1. The molecule has 1 saturated carbocycles. The van der Waals surface area contributed by atoms with Crippen molar-refractivity contribution < 1.29 is 19.3 Å². The van der Waals surface area contributed by atoms with Gasteiger partial charge in [0.05, 0.1) is 12.4 Å². The number of halogens is 1. The van der Waals surface area contributed by atoms with E-state index in [0.29, 0.717) is 28.2 Å². The zero-order valence-electron chi connectivity index (χ0n) is 17.8. The van der Waals surface area contributed by atoms with E-state index in [2.05, 4.69) is 20.6 Å². The van der Waals surface area contributed by atoms with Crippen LogP contribution in [0, 0.1) is 5.82 Å². The van der Waals surface area contributed by atoms with Crippen molar-refractivity contribution in [3.8, 4) is 0 Å². The number of benzene rings is 1. The molecule has 2 fully saturated rings. The van der Waals surface area contributed by atoms with Gasteiger partial charge in [0, 0.05) is 16.7 Å². The summed E-state index contributed by atoms with van der Waals surface area (Å²) < 4.78 is 21.7. The lowest BCUT2D eigenvalue weighted by Gasteiger charge is -2.26. The number of anilines is 1. The number of aliphatic imine (C=N–C) groups is 1. The third-order valence-electron chi connectivity index (χ3n) is 6.23. The van der Waals surface area contributed by atoms with Crippen LogP contribution in [0.1, 0.15) is 44.5 Å². The first-order valence-corrected chi connectivity index (χ1v) is 12.1. The van der Waals surface area contributed by atoms with Gasteiger partial charge in [0.25, 0.3) is 0 Å². The van der Waals surface area contributed by atoms with Crippen LogP contribution < -0.4 is 10.6 Å². The monoisotopic (exact) mass is 461 g/mol. The van der Waals surface area contributed by atoms with Crippen molar-refractivity contribution in [2.45, 2.75) is 74.2 Å². The van der Waals surface area contributed by atoms with E-state index in [1.807, 2.05) is 6.92 Å². The lowest BCUT2D eigenvalue weighted by Crippen LogP contribution is -2.39. The lowest BCUT2D eigenvalue weighted by molar-refractivity contribution is -0.0299. The molecule has 5 atom stereocenters. The first-order chi connectivity index (χ1) is 15.5. The molecule has 4 N–H and O–H groups in total. The second-order valence-electron chi connectivity index (χ2n) is 8.56. The number of aliphatic hydroxyl groups is 2. The molecule has 32 heavy (non-hydrogen) atoms. The molecule has 1 saturated heterocycles. The van der Waals surface area contributed by atoms with Gasteiger partial charge in [0.15, 0.2) is 12.1 Å². The fourth-order valence-corrected chi connectivity index (χ4v) is 5.55. The van der Waals surface area contributed by atoms with Gasteiger partial charge >= 0.3 is 0 Å². The summed E-state index contributed by atoms with van der Waals surface area (Å²) >= 11 is 1.26. The number of hydrogen-bond donors (Lipinski definition) is 4. The smallest absolute Gasteiger partial charge is 0.165 e. The maximum Gasteiger partial charge on any atom is 0.165 e. The molecule has 3 aliphatic rings. The number of rotatable bonds is 5. The third-order valence-corrected chi connectivity index (χ3v) is 7.37. The van der Waals surface area contributed by atoms with E-state index in [1.54, 1.807) is 29.1 Å². The summed E-state index contributed by atoms with van der Waals surface area (Å²) in [6.07, 6.45) is 2.42. The molecule has 0 amide bonds. The molecule has 3 heterocycles. The van der Waals surface area contributed by atoms with Crippen LogP contribution in [0.25, 0.3) is 0 Å². The fourth-order valence-electron chi connectivity index (χ4n) is 4.55. The van der Waals surface area contributed by atoms with Crippen LogP contribution >= 0.6 is 11.8 Å². The van der Waals surface area contributed by atoms with E-state index in [4.69, 9.17) is 4.74 Å². The minimum absolute atomic E-state index is 0.169. The SMILES string of the molecule is CC1N=C(NC2CCCC2)c2ncn(C3O[C@H](CSc4ccccc4F)[C@@H](O)[C@H]3O)c2N1. The molecule has 2 aliphatic heterocycles. The highest BCUT2D eigenvalue weighted by molar-refractivity contribution is 7.99. The second kappa shape index (κ2) is 9.01. The van der Waals surface area contributed by atoms with E-state index in [9.17, 15) is 14.6 Å². The number of hydrogen-bond acceptors (Lipinski definition) is 8. The minimum atomic E-state index is -1.14. The topological polar surface area (TPSA) is 104 Å². The van der Waals surface area contributed by atoms with E-state index in [1.165, 1.54) is 30.7 Å². The summed E-state index contributed by atoms with van der Waals surface area (Å²) in [5, 5.41) is 28.2. The molecule has 0 radical (unpaired) electrons. The lowest BCUT2D eigenvalue weighted by atomic mass is 10.1. The van der Waals surface area contributed by atoms with Gasteiger partial charge < -0.3 is 25.6 Å². The first-order valence-electron chi connectivity index (χ1n) is 11.1. The molecule has 8 nitrogen and oxygen atoms in total. The molecule has 1 aromatic carbocycles. The van der Waals surface area contributed by atoms with Crippen LogP contribution in [0.4, 0.5) is 10.2 Å². The Balaban J connectivity index is 1.32. The van der Waals surface area contributed by atoms with Gasteiger partial charge in [-0.3, -0.25) is 4.57 Å². The summed E-state index contributed by atoms with van der Waals surface area (Å²) in [7, 11) is 0. The van der Waals surface area contributed by atoms with Gasteiger partial charge in [0.2, 0.25) is 0 Å². The number of nitrogens with zero attached hydrogens (tertiary/aromatic N) is 3. The minimum Gasteiger partial charge on any atom is -0.387 e. The Morgan fingerprint density at radius 1 is 1.25 bits per heavy atom. The van der Waals surface area contributed by atoms with Crippen molar-refractivity contribution in [3.63, 3.8) is 0 Å². The first kappa shape index (κ1) is 21.7. The summed E-state index contributed by atoms with van der Waals surface area (Å²) in [4.78, 5) is 9.68. The Labute approximate surface area is 190 Å². The van der Waals surface area contributed by atoms with E-state index in [-0.39, 0.29) is 12.0 Å². The Hall–Kier alpha value is -2.14. The number of amidine groups is 1. The average molecular weight is 462 g/mol. The Kier molecular flexibility index (Phi) is 6.11. The van der Waals surface area contributed by atoms with Crippen LogP contribution in [-0.2, 0) is 4.74 Å². The summed E-state index contributed by atoms with van der Waals surface area (Å²) in [6.45, 7) is 1.95. The summed E-state index contributed by atoms with van der Waals surface area (Å²) in [5.41, 5.74) is 0.685. The molecule has 1 aromatic heterocycles. The van der Waals surface area contributed by atoms with Gasteiger partial charge in [-0.2, -0.15) is 0 Å². The average Bonchev–Trinajstić information content (AvgIpc) is 3.49. The van der Waals surface area contributed by atoms with Gasteiger partial charge in [0.1, 0.15) is 35.7 Å². The van der Waals surface area contributed by atoms with Gasteiger partial charge in [-0.15, -0.1) is 11.8 Å². The predicted octanol–water partition coefficient (Wildman–Crippen LogP) is 2.48. The predicted molar refractivity (Wildman–Crippen MR) is 120 cm³/mol. The second-order valence-corrected chi connectivity index (χ2v) is 9.62. The maximum atomic E-state index is 13.9.